The fourth-order valence-corrected chi connectivity index (χ4v) is 2.62. The predicted octanol–water partition coefficient (Wildman–Crippen LogP) is 1.83. The summed E-state index contributed by atoms with van der Waals surface area (Å²) in [7, 11) is 0. The zero-order valence-corrected chi connectivity index (χ0v) is 12.8. The summed E-state index contributed by atoms with van der Waals surface area (Å²) >= 11 is 0. The van der Waals surface area contributed by atoms with Crippen LogP contribution in [0, 0.1) is 0 Å². The SMILES string of the molecule is CCCOc1cccnc1N1CCOCC1CNC1CC1. The molecule has 1 aromatic heterocycles. The van der Waals surface area contributed by atoms with Crippen LogP contribution in [0.25, 0.3) is 0 Å². The average molecular weight is 291 g/mol. The van der Waals surface area contributed by atoms with Crippen LogP contribution in [-0.2, 0) is 4.74 Å². The molecule has 0 bridgehead atoms. The largest absolute Gasteiger partial charge is 0.490 e. The molecule has 21 heavy (non-hydrogen) atoms. The van der Waals surface area contributed by atoms with E-state index in [0.29, 0.717) is 12.1 Å². The third-order valence-electron chi connectivity index (χ3n) is 3.93. The molecule has 1 aliphatic heterocycles. The number of hydrogen-bond donors (Lipinski definition) is 1. The van der Waals surface area contributed by atoms with Crippen molar-refractivity contribution in [2.75, 3.05) is 37.8 Å². The summed E-state index contributed by atoms with van der Waals surface area (Å²) in [6.45, 7) is 6.18. The first-order valence-electron chi connectivity index (χ1n) is 8.04. The van der Waals surface area contributed by atoms with Crippen LogP contribution >= 0.6 is 0 Å². The van der Waals surface area contributed by atoms with Gasteiger partial charge in [0.1, 0.15) is 0 Å². The predicted molar refractivity (Wildman–Crippen MR) is 83.0 cm³/mol. The lowest BCUT2D eigenvalue weighted by atomic mass is 10.2. The van der Waals surface area contributed by atoms with Gasteiger partial charge in [0.15, 0.2) is 11.6 Å². The molecule has 116 valence electrons. The second-order valence-electron chi connectivity index (χ2n) is 5.78. The molecular formula is C16H25N3O2. The van der Waals surface area contributed by atoms with E-state index < -0.39 is 0 Å². The van der Waals surface area contributed by atoms with Crippen LogP contribution in [-0.4, -0.2) is 50.0 Å². The van der Waals surface area contributed by atoms with Crippen LogP contribution in [0.3, 0.4) is 0 Å². The third kappa shape index (κ3) is 3.86. The molecular weight excluding hydrogens is 266 g/mol. The Kier molecular flexibility index (Phi) is 4.93. The van der Waals surface area contributed by atoms with Crippen molar-refractivity contribution in [3.05, 3.63) is 18.3 Å². The van der Waals surface area contributed by atoms with Gasteiger partial charge in [-0.25, -0.2) is 4.98 Å². The molecule has 1 N–H and O–H groups in total. The molecule has 5 heteroatoms. The first-order chi connectivity index (χ1) is 10.4. The van der Waals surface area contributed by atoms with E-state index in [4.69, 9.17) is 9.47 Å². The van der Waals surface area contributed by atoms with Gasteiger partial charge in [-0.1, -0.05) is 6.92 Å². The van der Waals surface area contributed by atoms with Crippen LogP contribution in [0.2, 0.25) is 0 Å². The van der Waals surface area contributed by atoms with E-state index >= 15 is 0 Å². The molecule has 2 aliphatic rings. The van der Waals surface area contributed by atoms with Gasteiger partial charge in [0.05, 0.1) is 25.9 Å². The van der Waals surface area contributed by atoms with Gasteiger partial charge in [-0.15, -0.1) is 0 Å². The van der Waals surface area contributed by atoms with E-state index in [9.17, 15) is 0 Å². The fourth-order valence-electron chi connectivity index (χ4n) is 2.62. The van der Waals surface area contributed by atoms with Crippen LogP contribution < -0.4 is 15.0 Å². The van der Waals surface area contributed by atoms with Crippen LogP contribution in [0.15, 0.2) is 18.3 Å². The molecule has 3 rings (SSSR count). The Balaban J connectivity index is 1.71. The van der Waals surface area contributed by atoms with Crippen molar-refractivity contribution in [1.29, 1.82) is 0 Å². The molecule has 1 saturated heterocycles. The van der Waals surface area contributed by atoms with Crippen LogP contribution in [0.5, 0.6) is 5.75 Å². The lowest BCUT2D eigenvalue weighted by Gasteiger charge is -2.37. The Hall–Kier alpha value is -1.33. The molecule has 1 unspecified atom stereocenters. The molecule has 5 nitrogen and oxygen atoms in total. The number of ether oxygens (including phenoxy) is 2. The van der Waals surface area contributed by atoms with Gasteiger partial charge in [0, 0.05) is 25.3 Å². The van der Waals surface area contributed by atoms with E-state index in [2.05, 4.69) is 22.1 Å². The molecule has 1 saturated carbocycles. The van der Waals surface area contributed by atoms with Gasteiger partial charge in [-0.3, -0.25) is 0 Å². The summed E-state index contributed by atoms with van der Waals surface area (Å²) in [6.07, 6.45) is 5.46. The summed E-state index contributed by atoms with van der Waals surface area (Å²) in [5.41, 5.74) is 0. The summed E-state index contributed by atoms with van der Waals surface area (Å²) < 4.78 is 11.5. The summed E-state index contributed by atoms with van der Waals surface area (Å²) in [4.78, 5) is 6.90. The fraction of sp³-hybridized carbons (Fsp3) is 0.688. The molecule has 1 atom stereocenters. The minimum Gasteiger partial charge on any atom is -0.490 e. The number of rotatable bonds is 7. The highest BCUT2D eigenvalue weighted by Crippen LogP contribution is 2.28. The highest BCUT2D eigenvalue weighted by atomic mass is 16.5. The number of nitrogens with zero attached hydrogens (tertiary/aromatic N) is 2. The normalized spacial score (nSPS) is 22.3. The Bertz CT molecular complexity index is 451. The third-order valence-corrected chi connectivity index (χ3v) is 3.93. The average Bonchev–Trinajstić information content (AvgIpc) is 3.36. The zero-order valence-electron chi connectivity index (χ0n) is 12.8. The van der Waals surface area contributed by atoms with Crippen molar-refractivity contribution < 1.29 is 9.47 Å². The Labute approximate surface area is 126 Å². The van der Waals surface area contributed by atoms with E-state index in [-0.39, 0.29) is 0 Å². The maximum absolute atomic E-state index is 5.86. The second kappa shape index (κ2) is 7.09. The Morgan fingerprint density at radius 3 is 3.19 bits per heavy atom. The first-order valence-corrected chi connectivity index (χ1v) is 8.04. The molecule has 2 heterocycles. The van der Waals surface area contributed by atoms with Gasteiger partial charge < -0.3 is 19.7 Å². The van der Waals surface area contributed by atoms with E-state index in [1.54, 1.807) is 0 Å². The highest BCUT2D eigenvalue weighted by molar-refractivity contribution is 5.53. The number of nitrogens with one attached hydrogen (secondary N) is 1. The van der Waals surface area contributed by atoms with E-state index in [1.165, 1.54) is 12.8 Å². The van der Waals surface area contributed by atoms with Gasteiger partial charge in [-0.2, -0.15) is 0 Å². The summed E-state index contributed by atoms with van der Waals surface area (Å²) in [6, 6.07) is 5.00. The number of pyridine rings is 1. The number of anilines is 1. The van der Waals surface area contributed by atoms with Gasteiger partial charge in [0.25, 0.3) is 0 Å². The molecule has 1 aromatic rings. The van der Waals surface area contributed by atoms with Crippen molar-refractivity contribution >= 4 is 5.82 Å². The smallest absolute Gasteiger partial charge is 0.171 e. The quantitative estimate of drug-likeness (QED) is 0.830. The van der Waals surface area contributed by atoms with Crippen molar-refractivity contribution in [2.24, 2.45) is 0 Å². The zero-order chi connectivity index (χ0) is 14.5. The minimum atomic E-state index is 0.332. The first kappa shape index (κ1) is 14.6. The van der Waals surface area contributed by atoms with Gasteiger partial charge in [0.2, 0.25) is 0 Å². The van der Waals surface area contributed by atoms with Crippen molar-refractivity contribution in [3.63, 3.8) is 0 Å². The van der Waals surface area contributed by atoms with Crippen LogP contribution in [0.1, 0.15) is 26.2 Å². The molecule has 2 fully saturated rings. The topological polar surface area (TPSA) is 46.6 Å². The monoisotopic (exact) mass is 291 g/mol. The lowest BCUT2D eigenvalue weighted by Crippen LogP contribution is -2.51. The summed E-state index contributed by atoms with van der Waals surface area (Å²) in [5.74, 6) is 1.84. The lowest BCUT2D eigenvalue weighted by molar-refractivity contribution is 0.0928. The van der Waals surface area contributed by atoms with E-state index in [1.807, 2.05) is 18.3 Å². The molecule has 0 spiro atoms. The van der Waals surface area contributed by atoms with Crippen molar-refractivity contribution in [3.8, 4) is 5.75 Å². The second-order valence-corrected chi connectivity index (χ2v) is 5.78. The highest BCUT2D eigenvalue weighted by Gasteiger charge is 2.29. The molecule has 0 amide bonds. The number of aromatic nitrogens is 1. The van der Waals surface area contributed by atoms with Gasteiger partial charge >= 0.3 is 0 Å². The van der Waals surface area contributed by atoms with Crippen LogP contribution in [0.4, 0.5) is 5.82 Å². The van der Waals surface area contributed by atoms with Crippen molar-refractivity contribution in [2.45, 2.75) is 38.3 Å². The Morgan fingerprint density at radius 2 is 2.38 bits per heavy atom. The molecule has 0 aromatic carbocycles. The summed E-state index contributed by atoms with van der Waals surface area (Å²) in [5, 5.41) is 3.60. The number of hydrogen-bond acceptors (Lipinski definition) is 5. The molecule has 0 radical (unpaired) electrons. The van der Waals surface area contributed by atoms with E-state index in [0.717, 1.165) is 50.9 Å². The number of morpholine rings is 1. The molecule has 1 aliphatic carbocycles. The maximum Gasteiger partial charge on any atom is 0.171 e. The standard InChI is InChI=1S/C16H25N3O2/c1-2-9-21-15-4-3-7-17-16(15)19-8-10-20-12-14(19)11-18-13-5-6-13/h3-4,7,13-14,18H,2,5-6,8-12H2,1H3. The maximum atomic E-state index is 5.86. The van der Waals surface area contributed by atoms with Gasteiger partial charge in [-0.05, 0) is 31.4 Å². The van der Waals surface area contributed by atoms with Crippen molar-refractivity contribution in [1.82, 2.24) is 10.3 Å². The Morgan fingerprint density at radius 1 is 1.48 bits per heavy atom. The minimum absolute atomic E-state index is 0.332.